The number of hydrogen-bond acceptors (Lipinski definition) is 3. The summed E-state index contributed by atoms with van der Waals surface area (Å²) in [6, 6.07) is 4.53. The van der Waals surface area contributed by atoms with Crippen LogP contribution in [0.3, 0.4) is 0 Å². The Balaban J connectivity index is 1.78. The lowest BCUT2D eigenvalue weighted by atomic mass is 9.88. The highest BCUT2D eigenvalue weighted by Crippen LogP contribution is 2.48. The van der Waals surface area contributed by atoms with Crippen molar-refractivity contribution in [1.29, 1.82) is 0 Å². The number of benzene rings is 1. The first-order valence-corrected chi connectivity index (χ1v) is 6.98. The third-order valence-electron chi connectivity index (χ3n) is 4.61. The Bertz CT molecular complexity index is 570. The number of carbonyl (C=O) groups is 2. The monoisotopic (exact) mass is 274 g/mol. The predicted octanol–water partition coefficient (Wildman–Crippen LogP) is 2.34. The summed E-state index contributed by atoms with van der Waals surface area (Å²) in [4.78, 5) is 23.5. The summed E-state index contributed by atoms with van der Waals surface area (Å²) >= 11 is 0. The highest BCUT2D eigenvalue weighted by Gasteiger charge is 2.43. The van der Waals surface area contributed by atoms with Crippen LogP contribution < -0.4 is 11.1 Å². The van der Waals surface area contributed by atoms with E-state index >= 15 is 0 Å². The zero-order valence-corrected chi connectivity index (χ0v) is 11.1. The van der Waals surface area contributed by atoms with Gasteiger partial charge in [-0.15, -0.1) is 0 Å². The topological polar surface area (TPSA) is 92.4 Å². The fourth-order valence-electron chi connectivity index (χ4n) is 3.64. The lowest BCUT2D eigenvalue weighted by Gasteiger charge is -2.21. The number of carboxylic acids is 1. The van der Waals surface area contributed by atoms with Crippen molar-refractivity contribution in [2.24, 2.45) is 17.8 Å². The molecule has 3 atom stereocenters. The van der Waals surface area contributed by atoms with Gasteiger partial charge in [-0.2, -0.15) is 0 Å². The number of carboxylic acid groups (broad SMARTS) is 1. The molecular weight excluding hydrogens is 256 g/mol. The van der Waals surface area contributed by atoms with Crippen molar-refractivity contribution in [1.82, 2.24) is 0 Å². The Morgan fingerprint density at radius 2 is 2.05 bits per heavy atom. The average molecular weight is 274 g/mol. The highest BCUT2D eigenvalue weighted by atomic mass is 16.4. The molecule has 0 spiro atoms. The molecule has 0 radical (unpaired) electrons. The Kier molecular flexibility index (Phi) is 3.12. The van der Waals surface area contributed by atoms with E-state index in [0.29, 0.717) is 23.2 Å². The number of fused-ring (bicyclic) bond motifs is 2. The van der Waals surface area contributed by atoms with Gasteiger partial charge in [-0.3, -0.25) is 4.79 Å². The zero-order valence-electron chi connectivity index (χ0n) is 11.1. The maximum Gasteiger partial charge on any atom is 0.337 e. The number of nitrogen functional groups attached to an aromatic ring is 1. The molecule has 4 N–H and O–H groups in total. The van der Waals surface area contributed by atoms with Gasteiger partial charge in [-0.1, -0.05) is 6.42 Å². The molecule has 5 nitrogen and oxygen atoms in total. The van der Waals surface area contributed by atoms with E-state index < -0.39 is 5.97 Å². The molecule has 2 aliphatic rings. The number of nitrogens with one attached hydrogen (secondary N) is 1. The molecule has 0 aliphatic heterocycles. The quantitative estimate of drug-likeness (QED) is 0.738. The van der Waals surface area contributed by atoms with E-state index in [1.54, 1.807) is 12.1 Å². The summed E-state index contributed by atoms with van der Waals surface area (Å²) in [5.41, 5.74) is 6.34. The van der Waals surface area contributed by atoms with Gasteiger partial charge in [0.25, 0.3) is 0 Å². The molecule has 2 bridgehead atoms. The minimum Gasteiger partial charge on any atom is -0.478 e. The van der Waals surface area contributed by atoms with Crippen molar-refractivity contribution >= 4 is 23.3 Å². The number of nitrogens with two attached hydrogens (primary N) is 1. The number of aromatic carboxylic acids is 1. The lowest BCUT2D eigenvalue weighted by molar-refractivity contribution is -0.121. The Hall–Kier alpha value is -2.04. The fourth-order valence-corrected chi connectivity index (χ4v) is 3.64. The number of carbonyl (C=O) groups excluding carboxylic acids is 1. The standard InChI is InChI=1S/C15H18N2O3/c16-10-3-4-13(12(7-10)15(19)20)17-14(18)11-6-8-1-2-9(11)5-8/h3-4,7-9,11H,1-2,5-6,16H2,(H,17,18)(H,19,20). The normalized spacial score (nSPS) is 27.5. The molecular formula is C15H18N2O3. The Morgan fingerprint density at radius 3 is 2.65 bits per heavy atom. The molecule has 2 fully saturated rings. The summed E-state index contributed by atoms with van der Waals surface area (Å²) in [5, 5.41) is 11.9. The number of hydrogen-bond donors (Lipinski definition) is 3. The van der Waals surface area contributed by atoms with Gasteiger partial charge in [-0.25, -0.2) is 4.79 Å². The molecule has 0 heterocycles. The average Bonchev–Trinajstić information content (AvgIpc) is 3.03. The molecule has 106 valence electrons. The van der Waals surface area contributed by atoms with Gasteiger partial charge in [-0.05, 0) is 49.3 Å². The van der Waals surface area contributed by atoms with E-state index in [9.17, 15) is 9.59 Å². The van der Waals surface area contributed by atoms with E-state index in [-0.39, 0.29) is 17.4 Å². The van der Waals surface area contributed by atoms with Gasteiger partial charge < -0.3 is 16.2 Å². The van der Waals surface area contributed by atoms with Gasteiger partial charge in [0.1, 0.15) is 0 Å². The van der Waals surface area contributed by atoms with Gasteiger partial charge in [0.15, 0.2) is 0 Å². The molecule has 3 unspecified atom stereocenters. The van der Waals surface area contributed by atoms with E-state index in [0.717, 1.165) is 19.3 Å². The number of anilines is 2. The fraction of sp³-hybridized carbons (Fsp3) is 0.467. The maximum atomic E-state index is 12.3. The van der Waals surface area contributed by atoms with Gasteiger partial charge in [0, 0.05) is 11.6 Å². The van der Waals surface area contributed by atoms with E-state index in [4.69, 9.17) is 10.8 Å². The van der Waals surface area contributed by atoms with Crippen molar-refractivity contribution < 1.29 is 14.7 Å². The molecule has 1 amide bonds. The van der Waals surface area contributed by atoms with E-state index in [1.165, 1.54) is 12.5 Å². The van der Waals surface area contributed by atoms with Crippen molar-refractivity contribution in [2.75, 3.05) is 11.1 Å². The second-order valence-electron chi connectivity index (χ2n) is 5.88. The van der Waals surface area contributed by atoms with Crippen molar-refractivity contribution in [2.45, 2.75) is 25.7 Å². The minimum absolute atomic E-state index is 0.0351. The summed E-state index contributed by atoms with van der Waals surface area (Å²) in [6.07, 6.45) is 4.44. The molecule has 1 aromatic carbocycles. The second-order valence-corrected chi connectivity index (χ2v) is 5.88. The molecule has 1 aromatic rings. The van der Waals surface area contributed by atoms with Crippen LogP contribution in [0.4, 0.5) is 11.4 Å². The minimum atomic E-state index is -1.08. The molecule has 5 heteroatoms. The van der Waals surface area contributed by atoms with E-state index in [2.05, 4.69) is 5.32 Å². The largest absolute Gasteiger partial charge is 0.478 e. The molecule has 2 saturated carbocycles. The van der Waals surface area contributed by atoms with Crippen LogP contribution in [-0.2, 0) is 4.79 Å². The lowest BCUT2D eigenvalue weighted by Crippen LogP contribution is -2.27. The SMILES string of the molecule is Nc1ccc(NC(=O)C2CC3CCC2C3)c(C(=O)O)c1. The van der Waals surface area contributed by atoms with E-state index in [1.807, 2.05) is 0 Å². The molecule has 20 heavy (non-hydrogen) atoms. The third kappa shape index (κ3) is 2.24. The van der Waals surface area contributed by atoms with Crippen LogP contribution in [0.2, 0.25) is 0 Å². The van der Waals surface area contributed by atoms with Crippen LogP contribution in [0.5, 0.6) is 0 Å². The molecule has 2 aliphatic carbocycles. The maximum absolute atomic E-state index is 12.3. The van der Waals surface area contributed by atoms with Crippen molar-refractivity contribution in [3.8, 4) is 0 Å². The van der Waals surface area contributed by atoms with Crippen LogP contribution in [0.25, 0.3) is 0 Å². The highest BCUT2D eigenvalue weighted by molar-refractivity contribution is 6.02. The summed E-state index contributed by atoms with van der Waals surface area (Å²) in [5.74, 6) is 0.0566. The summed E-state index contributed by atoms with van der Waals surface area (Å²) in [7, 11) is 0. The van der Waals surface area contributed by atoms with Gasteiger partial charge >= 0.3 is 5.97 Å². The van der Waals surface area contributed by atoms with Crippen molar-refractivity contribution in [3.05, 3.63) is 23.8 Å². The first-order chi connectivity index (χ1) is 9.54. The van der Waals surface area contributed by atoms with Gasteiger partial charge in [0.2, 0.25) is 5.91 Å². The molecule has 3 rings (SSSR count). The van der Waals surface area contributed by atoms with Gasteiger partial charge in [0.05, 0.1) is 11.3 Å². The number of rotatable bonds is 3. The van der Waals surface area contributed by atoms with Crippen LogP contribution in [0.1, 0.15) is 36.0 Å². The molecule has 0 saturated heterocycles. The number of amides is 1. The predicted molar refractivity (Wildman–Crippen MR) is 75.4 cm³/mol. The second kappa shape index (κ2) is 4.81. The van der Waals surface area contributed by atoms with Crippen LogP contribution >= 0.6 is 0 Å². The zero-order chi connectivity index (χ0) is 14.3. The van der Waals surface area contributed by atoms with Crippen LogP contribution in [-0.4, -0.2) is 17.0 Å². The first-order valence-electron chi connectivity index (χ1n) is 6.98. The Morgan fingerprint density at radius 1 is 1.25 bits per heavy atom. The summed E-state index contributed by atoms with van der Waals surface area (Å²) < 4.78 is 0. The first kappa shape index (κ1) is 13.0. The summed E-state index contributed by atoms with van der Waals surface area (Å²) in [6.45, 7) is 0. The smallest absolute Gasteiger partial charge is 0.337 e. The molecule has 0 aromatic heterocycles. The third-order valence-corrected chi connectivity index (χ3v) is 4.61. The van der Waals surface area contributed by atoms with Crippen LogP contribution in [0.15, 0.2) is 18.2 Å². The Labute approximate surface area is 117 Å². The van der Waals surface area contributed by atoms with Crippen LogP contribution in [0, 0.1) is 17.8 Å². The van der Waals surface area contributed by atoms with Crippen molar-refractivity contribution in [3.63, 3.8) is 0 Å².